The van der Waals surface area contributed by atoms with E-state index in [-0.39, 0.29) is 78.8 Å². The van der Waals surface area contributed by atoms with E-state index >= 15 is 0 Å². The molecule has 0 rings (SSSR count). The first-order valence-electron chi connectivity index (χ1n) is 3.14. The predicted molar refractivity (Wildman–Crippen MR) is 41.9 cm³/mol. The molecule has 0 saturated carbocycles. The van der Waals surface area contributed by atoms with Crippen molar-refractivity contribution in [1.82, 2.24) is 10.6 Å². The first-order valence-corrected chi connectivity index (χ1v) is 3.14. The molecule has 15 heavy (non-hydrogen) atoms. The van der Waals surface area contributed by atoms with Crippen molar-refractivity contribution in [3.8, 4) is 0 Å². The molecule has 8 nitrogen and oxygen atoms in total. The minimum absolute atomic E-state index is 0. The third-order valence-electron chi connectivity index (χ3n) is 0.760. The average molecular weight is 366 g/mol. The first-order chi connectivity index (χ1) is 6.13. The van der Waals surface area contributed by atoms with E-state index in [2.05, 4.69) is 16.0 Å². The Morgan fingerprint density at radius 2 is 1.33 bits per heavy atom. The molecule has 4 N–H and O–H groups in total. The number of aliphatic imine (C=N–C) groups is 2. The van der Waals surface area contributed by atoms with Crippen LogP contribution in [0.25, 0.3) is 0 Å². The Balaban J connectivity index is -0.000000720. The quantitative estimate of drug-likeness (QED) is 0.506. The van der Waals surface area contributed by atoms with Gasteiger partial charge in [-0.05, 0) is 0 Å². The van der Waals surface area contributed by atoms with E-state index in [4.69, 9.17) is 10.2 Å². The molecule has 0 aliphatic carbocycles. The van der Waals surface area contributed by atoms with Crippen LogP contribution < -0.4 is 10.6 Å². The summed E-state index contributed by atoms with van der Waals surface area (Å²) in [6, 6.07) is 2.09. The Hall–Kier alpha value is 0.128. The molecule has 0 saturated heterocycles. The van der Waals surface area contributed by atoms with Crippen LogP contribution in [-0.4, -0.2) is 41.7 Å². The second kappa shape index (κ2) is 14.1. The molecule has 2 radical (unpaired) electrons. The predicted octanol–water partition coefficient (Wildman–Crippen LogP) is -0.394. The van der Waals surface area contributed by atoms with Crippen LogP contribution in [0.3, 0.4) is 0 Å². The van der Waals surface area contributed by atoms with Crippen molar-refractivity contribution >= 4 is 18.2 Å². The summed E-state index contributed by atoms with van der Waals surface area (Å²) < 4.78 is 0. The summed E-state index contributed by atoms with van der Waals surface area (Å²) in [5.74, 6) is 0. The normalized spacial score (nSPS) is 6.93. The number of amides is 2. The molecule has 0 spiro atoms. The van der Waals surface area contributed by atoms with Crippen LogP contribution in [0.15, 0.2) is 9.98 Å². The van der Waals surface area contributed by atoms with Gasteiger partial charge in [-0.3, -0.25) is 0 Å². The first kappa shape index (κ1) is 20.5. The molecule has 78 valence electrons. The van der Waals surface area contributed by atoms with Crippen molar-refractivity contribution in [2.24, 2.45) is 9.98 Å². The maximum absolute atomic E-state index is 9.86. The van der Waals surface area contributed by atoms with Crippen molar-refractivity contribution in [2.45, 2.75) is 0 Å². The van der Waals surface area contributed by atoms with Crippen molar-refractivity contribution < 1.29 is 85.2 Å². The van der Waals surface area contributed by atoms with Crippen molar-refractivity contribution in [2.75, 3.05) is 13.3 Å². The maximum atomic E-state index is 9.86. The van der Waals surface area contributed by atoms with Gasteiger partial charge in [-0.25, -0.2) is 19.6 Å². The molecule has 0 bridgehead atoms. The van der Waals surface area contributed by atoms with Gasteiger partial charge < -0.3 is 20.8 Å². The maximum Gasteiger partial charge on any atom is 0.406 e. The SMILES string of the molecule is O=C(O)NCN=C=NCNC(=O)O.[Y].[Y]. The van der Waals surface area contributed by atoms with Crippen LogP contribution in [0.4, 0.5) is 9.59 Å². The van der Waals surface area contributed by atoms with Gasteiger partial charge in [0, 0.05) is 65.4 Å². The zero-order chi connectivity index (χ0) is 10.1. The Morgan fingerprint density at radius 1 is 1.00 bits per heavy atom. The van der Waals surface area contributed by atoms with Gasteiger partial charge in [-0.2, -0.15) is 0 Å². The number of rotatable bonds is 4. The number of nitrogens with zero attached hydrogens (tertiary/aromatic N) is 2. The number of hydrogen-bond acceptors (Lipinski definition) is 4. The van der Waals surface area contributed by atoms with Crippen molar-refractivity contribution in [3.63, 3.8) is 0 Å². The number of hydrogen-bond donors (Lipinski definition) is 4. The third-order valence-corrected chi connectivity index (χ3v) is 0.760. The van der Waals surface area contributed by atoms with Crippen molar-refractivity contribution in [3.05, 3.63) is 0 Å². The second-order valence-corrected chi connectivity index (χ2v) is 1.70. The second-order valence-electron chi connectivity index (χ2n) is 1.70. The number of nitrogens with one attached hydrogen (secondary N) is 2. The fourth-order valence-electron chi connectivity index (χ4n) is 0.335. The summed E-state index contributed by atoms with van der Waals surface area (Å²) in [4.78, 5) is 26.4. The van der Waals surface area contributed by atoms with Crippen LogP contribution in [0.2, 0.25) is 0 Å². The summed E-state index contributed by atoms with van der Waals surface area (Å²) in [7, 11) is 0. The summed E-state index contributed by atoms with van der Waals surface area (Å²) in [6.07, 6.45) is -2.40. The van der Waals surface area contributed by atoms with Crippen LogP contribution in [0.5, 0.6) is 0 Å². The molecule has 0 aliphatic rings. The average Bonchev–Trinajstić information content (AvgIpc) is 2.01. The van der Waals surface area contributed by atoms with E-state index in [1.54, 1.807) is 0 Å². The van der Waals surface area contributed by atoms with Crippen LogP contribution in [-0.2, 0) is 65.4 Å². The molecule has 10 heteroatoms. The standard InChI is InChI=1S/C5H8N4O4.2Y/c10-4(11)8-2-6-1-7-3-9-5(12)13;;/h8-9H,2-3H2,(H,10,11)(H,12,13);;. The minimum atomic E-state index is -1.20. The summed E-state index contributed by atoms with van der Waals surface area (Å²) in [6.45, 7) is -0.322. The van der Waals surface area contributed by atoms with Crippen LogP contribution in [0, 0.1) is 0 Å². The van der Waals surface area contributed by atoms with Gasteiger partial charge in [0.05, 0.1) is 6.01 Å². The van der Waals surface area contributed by atoms with E-state index in [1.807, 2.05) is 10.6 Å². The smallest absolute Gasteiger partial charge is 0.406 e. The van der Waals surface area contributed by atoms with Gasteiger partial charge in [0.25, 0.3) is 0 Å². The van der Waals surface area contributed by atoms with E-state index in [0.29, 0.717) is 0 Å². The fraction of sp³-hybridized carbons (Fsp3) is 0.400. The molecule has 0 aromatic heterocycles. The Bertz CT molecular complexity index is 231. The largest absolute Gasteiger partial charge is 0.465 e. The minimum Gasteiger partial charge on any atom is -0.465 e. The molecule has 0 aromatic rings. The summed E-state index contributed by atoms with van der Waals surface area (Å²) in [5, 5.41) is 20.0. The molecule has 0 aliphatic heterocycles. The molecule has 0 heterocycles. The van der Waals surface area contributed by atoms with Gasteiger partial charge in [-0.15, -0.1) is 0 Å². The van der Waals surface area contributed by atoms with E-state index in [9.17, 15) is 9.59 Å². The van der Waals surface area contributed by atoms with E-state index in [1.165, 1.54) is 0 Å². The molecule has 0 aromatic carbocycles. The van der Waals surface area contributed by atoms with E-state index in [0.717, 1.165) is 0 Å². The Labute approximate surface area is 136 Å². The van der Waals surface area contributed by atoms with Crippen LogP contribution in [0.1, 0.15) is 0 Å². The molecule has 2 amide bonds. The fourth-order valence-corrected chi connectivity index (χ4v) is 0.335. The molecule has 0 unspecified atom stereocenters. The topological polar surface area (TPSA) is 123 Å². The third kappa shape index (κ3) is 20.3. The number of carbonyl (C=O) groups is 2. The Kier molecular flexibility index (Phi) is 19.3. The van der Waals surface area contributed by atoms with Gasteiger partial charge in [0.15, 0.2) is 0 Å². The zero-order valence-electron chi connectivity index (χ0n) is 7.67. The van der Waals surface area contributed by atoms with Gasteiger partial charge in [-0.1, -0.05) is 0 Å². The monoisotopic (exact) mass is 366 g/mol. The molecule has 0 fully saturated rings. The van der Waals surface area contributed by atoms with Gasteiger partial charge in [0.1, 0.15) is 13.3 Å². The van der Waals surface area contributed by atoms with Gasteiger partial charge in [0.2, 0.25) is 0 Å². The Morgan fingerprint density at radius 3 is 1.60 bits per heavy atom. The molecular formula is C5H8N4O4Y2. The van der Waals surface area contributed by atoms with Gasteiger partial charge >= 0.3 is 12.2 Å². The number of carboxylic acid groups (broad SMARTS) is 2. The van der Waals surface area contributed by atoms with Crippen molar-refractivity contribution in [1.29, 1.82) is 0 Å². The van der Waals surface area contributed by atoms with Crippen LogP contribution >= 0.6 is 0 Å². The zero-order valence-corrected chi connectivity index (χ0v) is 13.4. The molecular weight excluding hydrogens is 358 g/mol. The summed E-state index contributed by atoms with van der Waals surface area (Å²) >= 11 is 0. The summed E-state index contributed by atoms with van der Waals surface area (Å²) in [5.41, 5.74) is 0. The van der Waals surface area contributed by atoms with E-state index < -0.39 is 12.2 Å². The molecule has 0 atom stereocenters.